The number of nitrogens with zero attached hydrogens (tertiary/aromatic N) is 1. The van der Waals surface area contributed by atoms with Gasteiger partial charge < -0.3 is 10.2 Å². The molecule has 19 heavy (non-hydrogen) atoms. The third kappa shape index (κ3) is 3.11. The molecule has 1 fully saturated rings. The van der Waals surface area contributed by atoms with Crippen LogP contribution in [-0.2, 0) is 6.42 Å². The Morgan fingerprint density at radius 1 is 1.32 bits per heavy atom. The normalized spacial score (nSPS) is 27.6. The minimum absolute atomic E-state index is 0.244. The van der Waals surface area contributed by atoms with Crippen molar-refractivity contribution < 1.29 is 0 Å². The summed E-state index contributed by atoms with van der Waals surface area (Å²) < 4.78 is 0. The highest BCUT2D eigenvalue weighted by Crippen LogP contribution is 2.27. The van der Waals surface area contributed by atoms with Gasteiger partial charge in [-0.2, -0.15) is 0 Å². The van der Waals surface area contributed by atoms with E-state index >= 15 is 0 Å². The van der Waals surface area contributed by atoms with Gasteiger partial charge in [-0.15, -0.1) is 0 Å². The number of nitrogens with one attached hydrogen (secondary N) is 1. The summed E-state index contributed by atoms with van der Waals surface area (Å²) in [6.07, 6.45) is 3.48. The maximum absolute atomic E-state index is 3.73. The predicted octanol–water partition coefficient (Wildman–Crippen LogP) is 3.61. The largest absolute Gasteiger partial charge is 0.365 e. The average Bonchev–Trinajstić information content (AvgIpc) is 2.47. The first-order chi connectivity index (χ1) is 9.11. The van der Waals surface area contributed by atoms with Crippen molar-refractivity contribution in [2.45, 2.75) is 58.5 Å². The fourth-order valence-electron chi connectivity index (χ4n) is 2.89. The first-order valence-corrected chi connectivity index (χ1v) is 7.72. The van der Waals surface area contributed by atoms with Gasteiger partial charge in [-0.3, -0.25) is 0 Å². The molecular formula is C17H28N2. The Morgan fingerprint density at radius 2 is 2.11 bits per heavy atom. The van der Waals surface area contributed by atoms with Crippen molar-refractivity contribution in [2.75, 3.05) is 18.0 Å². The number of aryl methyl sites for hydroxylation is 1. The van der Waals surface area contributed by atoms with E-state index in [9.17, 15) is 0 Å². The molecule has 2 unspecified atom stereocenters. The summed E-state index contributed by atoms with van der Waals surface area (Å²) in [7, 11) is 0. The fourth-order valence-corrected chi connectivity index (χ4v) is 2.89. The molecule has 106 valence electrons. The maximum atomic E-state index is 3.73. The Hall–Kier alpha value is -1.02. The van der Waals surface area contributed by atoms with Crippen molar-refractivity contribution in [3.8, 4) is 0 Å². The van der Waals surface area contributed by atoms with E-state index in [0.717, 1.165) is 19.5 Å². The van der Waals surface area contributed by atoms with Gasteiger partial charge in [0, 0.05) is 30.4 Å². The lowest BCUT2D eigenvalue weighted by atomic mass is 9.92. The Kier molecular flexibility index (Phi) is 4.51. The van der Waals surface area contributed by atoms with E-state index in [4.69, 9.17) is 0 Å². The summed E-state index contributed by atoms with van der Waals surface area (Å²) in [5.41, 5.74) is 3.07. The Balaban J connectivity index is 2.26. The van der Waals surface area contributed by atoms with E-state index in [2.05, 4.69) is 62.2 Å². The highest BCUT2D eigenvalue weighted by molar-refractivity contribution is 5.51. The highest BCUT2D eigenvalue weighted by Gasteiger charge is 2.33. The van der Waals surface area contributed by atoms with Gasteiger partial charge in [0.15, 0.2) is 0 Å². The molecule has 2 heteroatoms. The zero-order chi connectivity index (χ0) is 13.9. The van der Waals surface area contributed by atoms with Gasteiger partial charge in [0.1, 0.15) is 0 Å². The van der Waals surface area contributed by atoms with Crippen molar-refractivity contribution in [1.29, 1.82) is 0 Å². The zero-order valence-electron chi connectivity index (χ0n) is 12.9. The quantitative estimate of drug-likeness (QED) is 0.889. The lowest BCUT2D eigenvalue weighted by molar-refractivity contribution is 0.276. The standard InChI is InChI=1S/C17H28N2/c1-5-14-9-8-10-16(11-14)19-13-17(4,7-3)18-12-15(19)6-2/h8-11,15,18H,5-7,12-13H2,1-4H3. The Bertz CT molecular complexity index is 415. The molecule has 1 aliphatic rings. The minimum atomic E-state index is 0.244. The van der Waals surface area contributed by atoms with E-state index in [-0.39, 0.29) is 5.54 Å². The molecule has 2 nitrogen and oxygen atoms in total. The summed E-state index contributed by atoms with van der Waals surface area (Å²) >= 11 is 0. The van der Waals surface area contributed by atoms with E-state index in [1.165, 1.54) is 24.1 Å². The first kappa shape index (κ1) is 14.4. The third-order valence-electron chi connectivity index (χ3n) is 4.63. The van der Waals surface area contributed by atoms with Crippen LogP contribution in [0.1, 0.15) is 46.1 Å². The molecule has 1 saturated heterocycles. The summed E-state index contributed by atoms with van der Waals surface area (Å²) in [4.78, 5) is 2.61. The Labute approximate surface area is 118 Å². The molecule has 1 heterocycles. The lowest BCUT2D eigenvalue weighted by Gasteiger charge is -2.47. The van der Waals surface area contributed by atoms with Gasteiger partial charge in [0.05, 0.1) is 0 Å². The van der Waals surface area contributed by atoms with Crippen LogP contribution in [0.2, 0.25) is 0 Å². The number of piperazine rings is 1. The van der Waals surface area contributed by atoms with Crippen molar-refractivity contribution in [1.82, 2.24) is 5.32 Å². The molecule has 1 aliphatic heterocycles. The first-order valence-electron chi connectivity index (χ1n) is 7.72. The van der Waals surface area contributed by atoms with Crippen LogP contribution < -0.4 is 10.2 Å². The SMILES string of the molecule is CCc1cccc(N2CC(C)(CC)NCC2CC)c1. The predicted molar refractivity (Wildman–Crippen MR) is 83.9 cm³/mol. The molecule has 0 aromatic heterocycles. The van der Waals surface area contributed by atoms with Crippen molar-refractivity contribution in [3.63, 3.8) is 0 Å². The topological polar surface area (TPSA) is 15.3 Å². The van der Waals surface area contributed by atoms with E-state index < -0.39 is 0 Å². The van der Waals surface area contributed by atoms with Gasteiger partial charge in [0.2, 0.25) is 0 Å². The van der Waals surface area contributed by atoms with Crippen LogP contribution in [0.4, 0.5) is 5.69 Å². The van der Waals surface area contributed by atoms with E-state index in [0.29, 0.717) is 6.04 Å². The second-order valence-electron chi connectivity index (χ2n) is 6.01. The third-order valence-corrected chi connectivity index (χ3v) is 4.63. The summed E-state index contributed by atoms with van der Waals surface area (Å²) in [5, 5.41) is 3.73. The molecular weight excluding hydrogens is 232 g/mol. The van der Waals surface area contributed by atoms with Crippen LogP contribution in [0.25, 0.3) is 0 Å². The highest BCUT2D eigenvalue weighted by atomic mass is 15.3. The molecule has 0 saturated carbocycles. The van der Waals surface area contributed by atoms with Crippen molar-refractivity contribution >= 4 is 5.69 Å². The fraction of sp³-hybridized carbons (Fsp3) is 0.647. The monoisotopic (exact) mass is 260 g/mol. The zero-order valence-corrected chi connectivity index (χ0v) is 12.9. The summed E-state index contributed by atoms with van der Waals surface area (Å²) in [6, 6.07) is 9.68. The number of hydrogen-bond acceptors (Lipinski definition) is 2. The van der Waals surface area contributed by atoms with Gasteiger partial charge in [-0.1, -0.05) is 32.9 Å². The summed E-state index contributed by atoms with van der Waals surface area (Å²) in [5.74, 6) is 0. The van der Waals surface area contributed by atoms with Gasteiger partial charge in [-0.25, -0.2) is 0 Å². The van der Waals surface area contributed by atoms with Crippen molar-refractivity contribution in [3.05, 3.63) is 29.8 Å². The number of rotatable bonds is 4. The second kappa shape index (κ2) is 5.96. The minimum Gasteiger partial charge on any atom is -0.365 e. The molecule has 0 spiro atoms. The van der Waals surface area contributed by atoms with E-state index in [1.807, 2.05) is 0 Å². The van der Waals surface area contributed by atoms with Crippen molar-refractivity contribution in [2.24, 2.45) is 0 Å². The van der Waals surface area contributed by atoms with Crippen LogP contribution in [0.15, 0.2) is 24.3 Å². The molecule has 0 bridgehead atoms. The van der Waals surface area contributed by atoms with Gasteiger partial charge in [-0.05, 0) is 43.9 Å². The Morgan fingerprint density at radius 3 is 2.74 bits per heavy atom. The maximum Gasteiger partial charge on any atom is 0.0412 e. The van der Waals surface area contributed by atoms with Crippen LogP contribution in [0.3, 0.4) is 0 Å². The number of hydrogen-bond donors (Lipinski definition) is 1. The smallest absolute Gasteiger partial charge is 0.0412 e. The van der Waals surface area contributed by atoms with Crippen LogP contribution in [0, 0.1) is 0 Å². The summed E-state index contributed by atoms with van der Waals surface area (Å²) in [6.45, 7) is 11.3. The molecule has 1 aromatic rings. The van der Waals surface area contributed by atoms with Crippen LogP contribution in [0.5, 0.6) is 0 Å². The molecule has 2 rings (SSSR count). The lowest BCUT2D eigenvalue weighted by Crippen LogP contribution is -2.62. The van der Waals surface area contributed by atoms with Gasteiger partial charge >= 0.3 is 0 Å². The molecule has 0 amide bonds. The van der Waals surface area contributed by atoms with E-state index in [1.54, 1.807) is 0 Å². The molecule has 1 aromatic carbocycles. The number of benzene rings is 1. The second-order valence-corrected chi connectivity index (χ2v) is 6.01. The van der Waals surface area contributed by atoms with Crippen LogP contribution >= 0.6 is 0 Å². The molecule has 1 N–H and O–H groups in total. The van der Waals surface area contributed by atoms with Gasteiger partial charge in [0.25, 0.3) is 0 Å². The van der Waals surface area contributed by atoms with Crippen LogP contribution in [-0.4, -0.2) is 24.7 Å². The molecule has 0 aliphatic carbocycles. The molecule has 0 radical (unpaired) electrons. The average molecular weight is 260 g/mol. The molecule has 2 atom stereocenters. The number of anilines is 1.